The first-order chi connectivity index (χ1) is 11.9. The number of aromatic nitrogens is 3. The van der Waals surface area contributed by atoms with E-state index in [0.29, 0.717) is 11.8 Å². The van der Waals surface area contributed by atoms with E-state index in [1.165, 1.54) is 38.6 Å². The highest BCUT2D eigenvalue weighted by molar-refractivity contribution is 5.49. The molecule has 2 fully saturated rings. The lowest BCUT2D eigenvalue weighted by atomic mass is 9.88. The number of nitrogens with zero attached hydrogens (tertiary/aromatic N) is 4. The van der Waals surface area contributed by atoms with Crippen molar-refractivity contribution in [1.29, 1.82) is 0 Å². The smallest absolute Gasteiger partial charge is 0.249 e. The van der Waals surface area contributed by atoms with Crippen molar-refractivity contribution in [2.45, 2.75) is 50.9 Å². The van der Waals surface area contributed by atoms with Gasteiger partial charge in [0.05, 0.1) is 5.56 Å². The van der Waals surface area contributed by atoms with E-state index in [4.69, 9.17) is 4.42 Å². The Balaban J connectivity index is 1.32. The van der Waals surface area contributed by atoms with Crippen LogP contribution in [0.2, 0.25) is 0 Å². The molecule has 3 heterocycles. The molecule has 0 radical (unpaired) electrons. The average molecular weight is 326 g/mol. The van der Waals surface area contributed by atoms with E-state index in [1.54, 1.807) is 12.4 Å². The normalized spacial score (nSPS) is 21.2. The Morgan fingerprint density at radius 3 is 2.62 bits per heavy atom. The van der Waals surface area contributed by atoms with Gasteiger partial charge >= 0.3 is 0 Å². The zero-order valence-corrected chi connectivity index (χ0v) is 14.2. The second-order valence-corrected chi connectivity index (χ2v) is 7.27. The number of pyridine rings is 1. The summed E-state index contributed by atoms with van der Waals surface area (Å²) in [4.78, 5) is 6.76. The molecule has 5 heteroatoms. The van der Waals surface area contributed by atoms with Gasteiger partial charge in [-0.1, -0.05) is 19.3 Å². The lowest BCUT2D eigenvalue weighted by Gasteiger charge is -2.34. The third kappa shape index (κ3) is 3.66. The molecule has 0 bridgehead atoms. The third-order valence-corrected chi connectivity index (χ3v) is 5.53. The average Bonchev–Trinajstić information content (AvgIpc) is 3.14. The lowest BCUT2D eigenvalue weighted by Crippen LogP contribution is -2.37. The van der Waals surface area contributed by atoms with E-state index in [-0.39, 0.29) is 0 Å². The summed E-state index contributed by atoms with van der Waals surface area (Å²) >= 11 is 0. The molecular weight excluding hydrogens is 300 g/mol. The summed E-state index contributed by atoms with van der Waals surface area (Å²) in [5.41, 5.74) is 0.894. The van der Waals surface area contributed by atoms with Gasteiger partial charge in [0.2, 0.25) is 11.8 Å². The Hall–Kier alpha value is -1.75. The van der Waals surface area contributed by atoms with Crippen molar-refractivity contribution in [2.75, 3.05) is 19.6 Å². The molecule has 0 aromatic carbocycles. The molecule has 1 aliphatic carbocycles. The minimum Gasteiger partial charge on any atom is -0.420 e. The van der Waals surface area contributed by atoms with Gasteiger partial charge in [0, 0.05) is 24.9 Å². The van der Waals surface area contributed by atoms with Gasteiger partial charge in [0.1, 0.15) is 0 Å². The van der Waals surface area contributed by atoms with Crippen LogP contribution >= 0.6 is 0 Å². The van der Waals surface area contributed by atoms with Crippen LogP contribution in [0, 0.1) is 5.92 Å². The topological polar surface area (TPSA) is 55.1 Å². The molecule has 0 unspecified atom stereocenters. The summed E-state index contributed by atoms with van der Waals surface area (Å²) < 4.78 is 5.91. The lowest BCUT2D eigenvalue weighted by molar-refractivity contribution is 0.157. The Morgan fingerprint density at radius 1 is 1.04 bits per heavy atom. The Bertz CT molecular complexity index is 628. The van der Waals surface area contributed by atoms with Crippen molar-refractivity contribution < 1.29 is 4.42 Å². The molecule has 0 atom stereocenters. The molecule has 0 spiro atoms. The van der Waals surface area contributed by atoms with Crippen LogP contribution in [-0.4, -0.2) is 39.7 Å². The molecule has 0 amide bonds. The van der Waals surface area contributed by atoms with Gasteiger partial charge in [0.15, 0.2) is 0 Å². The minimum absolute atomic E-state index is 0.408. The van der Waals surface area contributed by atoms with Crippen molar-refractivity contribution in [2.24, 2.45) is 5.92 Å². The summed E-state index contributed by atoms with van der Waals surface area (Å²) in [5.74, 6) is 2.72. The van der Waals surface area contributed by atoms with E-state index < -0.39 is 0 Å². The third-order valence-electron chi connectivity index (χ3n) is 5.53. The summed E-state index contributed by atoms with van der Waals surface area (Å²) in [6, 6.07) is 3.85. The summed E-state index contributed by atoms with van der Waals surface area (Å²) in [6.07, 6.45) is 12.9. The van der Waals surface area contributed by atoms with Crippen LogP contribution in [0.15, 0.2) is 28.9 Å². The Labute approximate surface area is 143 Å². The molecule has 2 aromatic heterocycles. The molecule has 1 saturated heterocycles. The van der Waals surface area contributed by atoms with Crippen LogP contribution in [0.3, 0.4) is 0 Å². The highest BCUT2D eigenvalue weighted by Crippen LogP contribution is 2.31. The fourth-order valence-electron chi connectivity index (χ4n) is 4.10. The standard InChI is InChI=1S/C19H26N4O/c1-2-5-15(6-3-1)14-23-11-8-16(9-12-23)18-21-22-19(24-18)17-7-4-10-20-13-17/h4,7,10,13,15-16H,1-3,5-6,8-9,11-12,14H2. The summed E-state index contributed by atoms with van der Waals surface area (Å²) in [5, 5.41) is 8.50. The predicted octanol–water partition coefficient (Wildman–Crippen LogP) is 3.89. The van der Waals surface area contributed by atoms with Gasteiger partial charge in [0.25, 0.3) is 0 Å². The van der Waals surface area contributed by atoms with E-state index in [0.717, 1.165) is 43.3 Å². The van der Waals surface area contributed by atoms with Crippen LogP contribution in [0.25, 0.3) is 11.5 Å². The Kier molecular flexibility index (Phi) is 4.88. The maximum atomic E-state index is 5.91. The fourth-order valence-corrected chi connectivity index (χ4v) is 4.10. The van der Waals surface area contributed by atoms with Gasteiger partial charge in [-0.25, -0.2) is 0 Å². The molecule has 0 N–H and O–H groups in total. The van der Waals surface area contributed by atoms with Crippen LogP contribution in [-0.2, 0) is 0 Å². The van der Waals surface area contributed by atoms with Crippen LogP contribution in [0.5, 0.6) is 0 Å². The van der Waals surface area contributed by atoms with Crippen LogP contribution < -0.4 is 0 Å². The molecule has 24 heavy (non-hydrogen) atoms. The zero-order chi connectivity index (χ0) is 16.2. The van der Waals surface area contributed by atoms with Crippen molar-refractivity contribution in [3.63, 3.8) is 0 Å². The second kappa shape index (κ2) is 7.43. The molecular formula is C19H26N4O. The number of hydrogen-bond acceptors (Lipinski definition) is 5. The quantitative estimate of drug-likeness (QED) is 0.853. The van der Waals surface area contributed by atoms with Gasteiger partial charge in [-0.2, -0.15) is 0 Å². The van der Waals surface area contributed by atoms with Gasteiger partial charge in [-0.15, -0.1) is 10.2 Å². The van der Waals surface area contributed by atoms with Crippen molar-refractivity contribution in [1.82, 2.24) is 20.1 Å². The SMILES string of the molecule is c1cncc(-c2nnc(C3CCN(CC4CCCCC4)CC3)o2)c1. The first-order valence-corrected chi connectivity index (χ1v) is 9.34. The predicted molar refractivity (Wildman–Crippen MR) is 92.5 cm³/mol. The molecule has 5 nitrogen and oxygen atoms in total. The molecule has 128 valence electrons. The van der Waals surface area contributed by atoms with Gasteiger partial charge in [-0.3, -0.25) is 4.98 Å². The summed E-state index contributed by atoms with van der Waals surface area (Å²) in [6.45, 7) is 3.61. The zero-order valence-electron chi connectivity index (χ0n) is 14.2. The van der Waals surface area contributed by atoms with E-state index in [9.17, 15) is 0 Å². The number of rotatable bonds is 4. The Morgan fingerprint density at radius 2 is 1.88 bits per heavy atom. The number of hydrogen-bond donors (Lipinski definition) is 0. The molecule has 2 aromatic rings. The largest absolute Gasteiger partial charge is 0.420 e. The number of piperidine rings is 1. The highest BCUT2D eigenvalue weighted by Gasteiger charge is 2.27. The first-order valence-electron chi connectivity index (χ1n) is 9.34. The second-order valence-electron chi connectivity index (χ2n) is 7.27. The van der Waals surface area contributed by atoms with E-state index >= 15 is 0 Å². The van der Waals surface area contributed by atoms with Gasteiger partial charge < -0.3 is 9.32 Å². The van der Waals surface area contributed by atoms with Crippen LogP contribution in [0.1, 0.15) is 56.8 Å². The molecule has 1 aliphatic heterocycles. The van der Waals surface area contributed by atoms with Crippen molar-refractivity contribution in [3.8, 4) is 11.5 Å². The maximum Gasteiger partial charge on any atom is 0.249 e. The molecule has 2 aliphatic rings. The fraction of sp³-hybridized carbons (Fsp3) is 0.632. The summed E-state index contributed by atoms with van der Waals surface area (Å²) in [7, 11) is 0. The van der Waals surface area contributed by atoms with Crippen molar-refractivity contribution in [3.05, 3.63) is 30.4 Å². The van der Waals surface area contributed by atoms with Crippen molar-refractivity contribution >= 4 is 0 Å². The monoisotopic (exact) mass is 326 g/mol. The molecule has 4 rings (SSSR count). The van der Waals surface area contributed by atoms with E-state index in [1.807, 2.05) is 12.1 Å². The van der Waals surface area contributed by atoms with Gasteiger partial charge in [-0.05, 0) is 56.8 Å². The minimum atomic E-state index is 0.408. The van der Waals surface area contributed by atoms with E-state index in [2.05, 4.69) is 20.1 Å². The molecule has 1 saturated carbocycles. The number of likely N-dealkylation sites (tertiary alicyclic amines) is 1. The highest BCUT2D eigenvalue weighted by atomic mass is 16.4. The van der Waals surface area contributed by atoms with Crippen LogP contribution in [0.4, 0.5) is 0 Å². The maximum absolute atomic E-state index is 5.91. The first kappa shape index (κ1) is 15.8.